The summed E-state index contributed by atoms with van der Waals surface area (Å²) in [6, 6.07) is 4.44. The van der Waals surface area contributed by atoms with Gasteiger partial charge in [0.05, 0.1) is 25.5 Å². The second-order valence-electron chi connectivity index (χ2n) is 6.74. The first-order valence-corrected chi connectivity index (χ1v) is 10.1. The zero-order chi connectivity index (χ0) is 23.0. The van der Waals surface area contributed by atoms with Gasteiger partial charge in [0.15, 0.2) is 0 Å². The molecule has 31 heavy (non-hydrogen) atoms. The van der Waals surface area contributed by atoms with Gasteiger partial charge in [-0.3, -0.25) is 9.36 Å². The van der Waals surface area contributed by atoms with E-state index in [0.717, 1.165) is 12.5 Å². The Morgan fingerprint density at radius 3 is 2.61 bits per heavy atom. The molecule has 0 saturated heterocycles. The van der Waals surface area contributed by atoms with Crippen molar-refractivity contribution in [2.24, 2.45) is 0 Å². The van der Waals surface area contributed by atoms with E-state index in [1.807, 2.05) is 6.92 Å². The third kappa shape index (κ3) is 5.84. The highest BCUT2D eigenvalue weighted by Gasteiger charge is 2.25. The molecular weight excluding hydrogens is 427 g/mol. The molecule has 0 aliphatic rings. The van der Waals surface area contributed by atoms with E-state index in [1.54, 1.807) is 6.07 Å². The van der Waals surface area contributed by atoms with Crippen LogP contribution in [0.25, 0.3) is 11.1 Å². The Hall–Kier alpha value is -2.89. The summed E-state index contributed by atoms with van der Waals surface area (Å²) in [5.41, 5.74) is -0.512. The van der Waals surface area contributed by atoms with Crippen molar-refractivity contribution in [1.29, 1.82) is 5.26 Å². The fourth-order valence-corrected chi connectivity index (χ4v) is 3.26. The molecule has 1 aromatic heterocycles. The van der Waals surface area contributed by atoms with Gasteiger partial charge in [0.1, 0.15) is 23.7 Å². The first-order chi connectivity index (χ1) is 14.9. The molecule has 0 radical (unpaired) electrons. The average molecular weight is 451 g/mol. The molecule has 166 valence electrons. The quantitative estimate of drug-likeness (QED) is 0.399. The fourth-order valence-electron chi connectivity index (χ4n) is 3.06. The van der Waals surface area contributed by atoms with Crippen LogP contribution in [0, 0.1) is 17.1 Å². The molecule has 2 aromatic rings. The number of pyridine rings is 1. The van der Waals surface area contributed by atoms with Gasteiger partial charge < -0.3 is 14.2 Å². The molecule has 0 bridgehead atoms. The summed E-state index contributed by atoms with van der Waals surface area (Å²) >= 11 is 5.96. The van der Waals surface area contributed by atoms with E-state index >= 15 is 0 Å². The maximum Gasteiger partial charge on any atom is 0.329 e. The number of halogens is 2. The Morgan fingerprint density at radius 1 is 1.26 bits per heavy atom. The van der Waals surface area contributed by atoms with E-state index in [-0.39, 0.29) is 47.1 Å². The molecule has 9 heteroatoms. The summed E-state index contributed by atoms with van der Waals surface area (Å²) in [5, 5.41) is 9.43. The number of nitriles is 1. The Balaban J connectivity index is 2.58. The molecule has 1 aromatic carbocycles. The molecule has 7 nitrogen and oxygen atoms in total. The Kier molecular flexibility index (Phi) is 9.03. The number of carbonyl (C=O) groups excluding carboxylic acids is 1. The summed E-state index contributed by atoms with van der Waals surface area (Å²) in [7, 11) is 2.85. The standard InChI is InChI=1S/C22H24ClFN2O5/c1-4-5-7-31-22(28)19(6-8-29-2)26-13-20(30-3)16(11-21(26)27)15-9-14(23)10-18(24)17(15)12-25/h9-11,13,19H,4-8H2,1-3H3. The molecule has 2 rings (SSSR count). The first kappa shape index (κ1) is 24.4. The second kappa shape index (κ2) is 11.5. The first-order valence-electron chi connectivity index (χ1n) is 9.73. The third-order valence-electron chi connectivity index (χ3n) is 4.67. The zero-order valence-electron chi connectivity index (χ0n) is 17.6. The number of nitrogens with zero attached hydrogens (tertiary/aromatic N) is 2. The minimum absolute atomic E-state index is 0.0650. The van der Waals surface area contributed by atoms with Crippen molar-refractivity contribution in [3.63, 3.8) is 0 Å². The van der Waals surface area contributed by atoms with E-state index in [1.165, 1.54) is 37.1 Å². The molecule has 0 saturated carbocycles. The smallest absolute Gasteiger partial charge is 0.329 e. The number of hydrogen-bond donors (Lipinski definition) is 0. The van der Waals surface area contributed by atoms with Gasteiger partial charge in [-0.05, 0) is 18.6 Å². The van der Waals surface area contributed by atoms with Gasteiger partial charge in [0, 0.05) is 42.4 Å². The molecule has 1 atom stereocenters. The maximum absolute atomic E-state index is 14.2. The molecule has 1 heterocycles. The van der Waals surface area contributed by atoms with Crippen LogP contribution in [0.3, 0.4) is 0 Å². The summed E-state index contributed by atoms with van der Waals surface area (Å²) in [6.07, 6.45) is 3.12. The summed E-state index contributed by atoms with van der Waals surface area (Å²) in [5.74, 6) is -1.20. The highest BCUT2D eigenvalue weighted by molar-refractivity contribution is 6.31. The molecule has 1 unspecified atom stereocenters. The minimum atomic E-state index is -0.932. The summed E-state index contributed by atoms with van der Waals surface area (Å²) in [6.45, 7) is 2.44. The van der Waals surface area contributed by atoms with Gasteiger partial charge in [0.2, 0.25) is 0 Å². The fraction of sp³-hybridized carbons (Fsp3) is 0.409. The van der Waals surface area contributed by atoms with Gasteiger partial charge in [-0.25, -0.2) is 9.18 Å². The average Bonchev–Trinajstić information content (AvgIpc) is 2.74. The van der Waals surface area contributed by atoms with Crippen molar-refractivity contribution < 1.29 is 23.4 Å². The van der Waals surface area contributed by atoms with Crippen molar-refractivity contribution in [2.75, 3.05) is 27.4 Å². The van der Waals surface area contributed by atoms with E-state index in [9.17, 15) is 19.2 Å². The second-order valence-corrected chi connectivity index (χ2v) is 7.18. The van der Waals surface area contributed by atoms with E-state index in [2.05, 4.69) is 0 Å². The van der Waals surface area contributed by atoms with Gasteiger partial charge in [-0.1, -0.05) is 24.9 Å². The lowest BCUT2D eigenvalue weighted by Crippen LogP contribution is -2.32. The van der Waals surface area contributed by atoms with E-state index in [0.29, 0.717) is 6.42 Å². The number of unbranched alkanes of at least 4 members (excludes halogenated alkanes) is 1. The topological polar surface area (TPSA) is 90.5 Å². The van der Waals surface area contributed by atoms with Crippen molar-refractivity contribution in [3.8, 4) is 22.9 Å². The minimum Gasteiger partial charge on any atom is -0.495 e. The largest absolute Gasteiger partial charge is 0.495 e. The van der Waals surface area contributed by atoms with Crippen LogP contribution in [0.1, 0.15) is 37.8 Å². The van der Waals surface area contributed by atoms with Crippen molar-refractivity contribution in [3.05, 3.63) is 51.2 Å². The van der Waals surface area contributed by atoms with Crippen LogP contribution in [-0.2, 0) is 14.3 Å². The molecule has 0 N–H and O–H groups in total. The zero-order valence-corrected chi connectivity index (χ0v) is 18.4. The number of ether oxygens (including phenoxy) is 3. The third-order valence-corrected chi connectivity index (χ3v) is 4.88. The summed E-state index contributed by atoms with van der Waals surface area (Å²) in [4.78, 5) is 25.6. The molecule has 0 fully saturated rings. The molecule has 0 spiro atoms. The molecule has 0 aliphatic heterocycles. The Labute approximate surface area is 184 Å². The lowest BCUT2D eigenvalue weighted by molar-refractivity contribution is -0.148. The molecule has 0 aliphatic carbocycles. The highest BCUT2D eigenvalue weighted by Crippen LogP contribution is 2.34. The van der Waals surface area contributed by atoms with Crippen LogP contribution in [0.4, 0.5) is 4.39 Å². The lowest BCUT2D eigenvalue weighted by atomic mass is 9.99. The van der Waals surface area contributed by atoms with Crippen LogP contribution in [0.5, 0.6) is 5.75 Å². The van der Waals surface area contributed by atoms with Gasteiger partial charge in [-0.15, -0.1) is 0 Å². The number of esters is 1. The number of hydrogen-bond acceptors (Lipinski definition) is 6. The molecular formula is C22H24ClFN2O5. The van der Waals surface area contributed by atoms with Crippen molar-refractivity contribution in [2.45, 2.75) is 32.2 Å². The molecule has 0 amide bonds. The van der Waals surface area contributed by atoms with Crippen molar-refractivity contribution >= 4 is 17.6 Å². The van der Waals surface area contributed by atoms with Gasteiger partial charge in [0.25, 0.3) is 5.56 Å². The maximum atomic E-state index is 14.2. The van der Waals surface area contributed by atoms with Crippen LogP contribution in [0.2, 0.25) is 5.02 Å². The van der Waals surface area contributed by atoms with Crippen LogP contribution >= 0.6 is 11.6 Å². The lowest BCUT2D eigenvalue weighted by Gasteiger charge is -2.20. The van der Waals surface area contributed by atoms with Crippen LogP contribution in [-0.4, -0.2) is 38.0 Å². The number of carbonyl (C=O) groups is 1. The predicted octanol–water partition coefficient (Wildman–Crippen LogP) is 4.11. The SMILES string of the molecule is CCCCOC(=O)C(CCOC)n1cc(OC)c(-c2cc(Cl)cc(F)c2C#N)cc1=O. The normalized spacial score (nSPS) is 11.6. The van der Waals surface area contributed by atoms with Crippen LogP contribution < -0.4 is 10.3 Å². The Bertz CT molecular complexity index is 1030. The van der Waals surface area contributed by atoms with Crippen LogP contribution in [0.15, 0.2) is 29.2 Å². The number of rotatable bonds is 10. The Morgan fingerprint density at radius 2 is 2.00 bits per heavy atom. The number of methoxy groups -OCH3 is 2. The summed E-state index contributed by atoms with van der Waals surface area (Å²) < 4.78 is 31.2. The van der Waals surface area contributed by atoms with Crippen molar-refractivity contribution in [1.82, 2.24) is 4.57 Å². The van der Waals surface area contributed by atoms with Gasteiger partial charge in [-0.2, -0.15) is 5.26 Å². The number of benzene rings is 1. The number of aromatic nitrogens is 1. The van der Waals surface area contributed by atoms with Gasteiger partial charge >= 0.3 is 5.97 Å². The van der Waals surface area contributed by atoms with E-state index < -0.39 is 23.4 Å². The monoisotopic (exact) mass is 450 g/mol. The highest BCUT2D eigenvalue weighted by atomic mass is 35.5. The van der Waals surface area contributed by atoms with E-state index in [4.69, 9.17) is 25.8 Å². The predicted molar refractivity (Wildman–Crippen MR) is 114 cm³/mol.